The van der Waals surface area contributed by atoms with Gasteiger partial charge in [-0.15, -0.1) is 0 Å². The summed E-state index contributed by atoms with van der Waals surface area (Å²) in [6.07, 6.45) is 0. The first-order valence-electron chi connectivity index (χ1n) is 5.85. The third-order valence-corrected chi connectivity index (χ3v) is 2.88. The van der Waals surface area contributed by atoms with Gasteiger partial charge in [0.25, 0.3) is 5.91 Å². The van der Waals surface area contributed by atoms with Crippen LogP contribution in [0.2, 0.25) is 0 Å². The number of hydrogen-bond acceptors (Lipinski definition) is 3. The Labute approximate surface area is 143 Å². The van der Waals surface area contributed by atoms with E-state index in [0.717, 1.165) is 11.0 Å². The van der Waals surface area contributed by atoms with E-state index < -0.39 is 23.3 Å². The van der Waals surface area contributed by atoms with E-state index >= 15 is 0 Å². The third-order valence-electron chi connectivity index (χ3n) is 2.88. The number of carboxylic acids is 1. The van der Waals surface area contributed by atoms with E-state index in [9.17, 15) is 19.1 Å². The molecule has 0 aliphatic heterocycles. The maximum absolute atomic E-state index is 14.0. The molecule has 0 aromatic heterocycles. The number of amides is 1. The van der Waals surface area contributed by atoms with Gasteiger partial charge in [-0.2, -0.15) is 0 Å². The van der Waals surface area contributed by atoms with Crippen LogP contribution >= 0.6 is 0 Å². The first-order chi connectivity index (χ1) is 9.52. The van der Waals surface area contributed by atoms with Gasteiger partial charge in [0.05, 0.1) is 11.7 Å². The summed E-state index contributed by atoms with van der Waals surface area (Å²) in [7, 11) is 1.38. The summed E-state index contributed by atoms with van der Waals surface area (Å²) in [4.78, 5) is 24.0. The molecule has 2 rings (SSSR count). The van der Waals surface area contributed by atoms with Gasteiger partial charge in [-0.25, -0.2) is 4.39 Å². The van der Waals surface area contributed by atoms with Crippen molar-refractivity contribution in [2.75, 3.05) is 11.9 Å². The van der Waals surface area contributed by atoms with Crippen LogP contribution in [-0.2, 0) is 0 Å². The van der Waals surface area contributed by atoms with Gasteiger partial charge < -0.3 is 14.8 Å². The van der Waals surface area contributed by atoms with Gasteiger partial charge >= 0.3 is 29.6 Å². The van der Waals surface area contributed by atoms with Gasteiger partial charge in [0.1, 0.15) is 0 Å². The van der Waals surface area contributed by atoms with Crippen molar-refractivity contribution >= 4 is 17.6 Å². The molecular weight excluding hydrogens is 284 g/mol. The number of carbonyl (C=O) groups is 2. The van der Waals surface area contributed by atoms with Crippen molar-refractivity contribution in [1.82, 2.24) is 0 Å². The topological polar surface area (TPSA) is 60.4 Å². The van der Waals surface area contributed by atoms with Gasteiger partial charge in [0.2, 0.25) is 0 Å². The molecule has 0 heterocycles. The molecule has 0 saturated heterocycles. The van der Waals surface area contributed by atoms with Crippen molar-refractivity contribution in [1.29, 1.82) is 0 Å². The SMILES string of the molecule is CN(C(=O)c1ccccc1)c1cccc(C(=O)[O-])c1F.[Na+]. The number of aromatic carboxylic acids is 1. The van der Waals surface area contributed by atoms with Crippen LogP contribution in [0.1, 0.15) is 20.7 Å². The van der Waals surface area contributed by atoms with Crippen LogP contribution < -0.4 is 39.6 Å². The zero-order valence-electron chi connectivity index (χ0n) is 11.7. The fourth-order valence-corrected chi connectivity index (χ4v) is 1.82. The summed E-state index contributed by atoms with van der Waals surface area (Å²) in [5.41, 5.74) is -0.302. The Morgan fingerprint density at radius 1 is 1.05 bits per heavy atom. The first-order valence-corrected chi connectivity index (χ1v) is 5.85. The standard InChI is InChI=1S/C15H12FNO3.Na/c1-17(14(18)10-6-3-2-4-7-10)12-9-5-8-11(13(12)16)15(19)20;/h2-9H,1H3,(H,19,20);/q;+1/p-1. The molecule has 0 aliphatic rings. The zero-order valence-corrected chi connectivity index (χ0v) is 13.7. The summed E-state index contributed by atoms with van der Waals surface area (Å²) < 4.78 is 14.0. The molecule has 0 N–H and O–H groups in total. The number of anilines is 1. The largest absolute Gasteiger partial charge is 1.00 e. The van der Waals surface area contributed by atoms with E-state index in [1.54, 1.807) is 30.3 Å². The Morgan fingerprint density at radius 3 is 2.24 bits per heavy atom. The molecule has 2 aromatic rings. The van der Waals surface area contributed by atoms with Gasteiger partial charge in [0, 0.05) is 18.2 Å². The number of hydrogen-bond donors (Lipinski definition) is 0. The second kappa shape index (κ2) is 7.36. The van der Waals surface area contributed by atoms with E-state index in [0.29, 0.717) is 5.56 Å². The summed E-state index contributed by atoms with van der Waals surface area (Å²) in [6, 6.07) is 12.1. The van der Waals surface area contributed by atoms with Crippen LogP contribution in [0.4, 0.5) is 10.1 Å². The van der Waals surface area contributed by atoms with Gasteiger partial charge in [-0.3, -0.25) is 4.79 Å². The van der Waals surface area contributed by atoms with E-state index in [1.165, 1.54) is 19.2 Å². The average Bonchev–Trinajstić information content (AvgIpc) is 2.46. The monoisotopic (exact) mass is 295 g/mol. The molecule has 0 radical (unpaired) electrons. The molecule has 0 aliphatic carbocycles. The summed E-state index contributed by atoms with van der Waals surface area (Å²) in [6.45, 7) is 0. The number of nitrogens with zero attached hydrogens (tertiary/aromatic N) is 1. The fourth-order valence-electron chi connectivity index (χ4n) is 1.82. The first kappa shape index (κ1) is 17.4. The van der Waals surface area contributed by atoms with Crippen LogP contribution in [0.15, 0.2) is 48.5 Å². The molecule has 0 unspecified atom stereocenters. The summed E-state index contributed by atoms with van der Waals surface area (Å²) in [5.74, 6) is -3.04. The number of carbonyl (C=O) groups excluding carboxylic acids is 2. The molecule has 0 saturated carbocycles. The minimum atomic E-state index is -1.62. The van der Waals surface area contributed by atoms with Gasteiger partial charge in [-0.05, 0) is 18.2 Å². The predicted molar refractivity (Wildman–Crippen MR) is 69.9 cm³/mol. The van der Waals surface area contributed by atoms with Crippen molar-refractivity contribution in [3.8, 4) is 0 Å². The fraction of sp³-hybridized carbons (Fsp3) is 0.0667. The van der Waals surface area contributed by atoms with Crippen molar-refractivity contribution in [2.45, 2.75) is 0 Å². The Balaban J connectivity index is 0.00000220. The Hall–Kier alpha value is -1.69. The van der Waals surface area contributed by atoms with Gasteiger partial charge in [0.15, 0.2) is 5.82 Å². The Kier molecular flexibility index (Phi) is 6.08. The van der Waals surface area contributed by atoms with Crippen LogP contribution in [-0.4, -0.2) is 18.9 Å². The van der Waals surface area contributed by atoms with E-state index in [4.69, 9.17) is 0 Å². The molecule has 21 heavy (non-hydrogen) atoms. The number of benzene rings is 2. The minimum absolute atomic E-state index is 0. The molecule has 0 bridgehead atoms. The number of carboxylic acid groups (broad SMARTS) is 1. The molecule has 4 nitrogen and oxygen atoms in total. The molecule has 0 fully saturated rings. The van der Waals surface area contributed by atoms with E-state index in [1.807, 2.05) is 0 Å². The van der Waals surface area contributed by atoms with Crippen molar-refractivity contribution in [2.24, 2.45) is 0 Å². The normalized spacial score (nSPS) is 9.62. The number of halogens is 1. The quantitative estimate of drug-likeness (QED) is 0.646. The van der Waals surface area contributed by atoms with E-state index in [-0.39, 0.29) is 35.2 Å². The third kappa shape index (κ3) is 3.69. The second-order valence-corrected chi connectivity index (χ2v) is 4.16. The van der Waals surface area contributed by atoms with Crippen LogP contribution in [0, 0.1) is 5.82 Å². The second-order valence-electron chi connectivity index (χ2n) is 4.16. The molecule has 2 aromatic carbocycles. The minimum Gasteiger partial charge on any atom is -0.545 e. The van der Waals surface area contributed by atoms with Crippen LogP contribution in [0.3, 0.4) is 0 Å². The van der Waals surface area contributed by atoms with Crippen LogP contribution in [0.25, 0.3) is 0 Å². The van der Waals surface area contributed by atoms with Gasteiger partial charge in [-0.1, -0.05) is 30.3 Å². The molecule has 1 amide bonds. The molecule has 102 valence electrons. The summed E-state index contributed by atoms with van der Waals surface area (Å²) in [5, 5.41) is 10.8. The average molecular weight is 295 g/mol. The number of rotatable bonds is 3. The molecular formula is C15H11FNNaO3. The Morgan fingerprint density at radius 2 is 1.67 bits per heavy atom. The molecule has 0 atom stereocenters. The van der Waals surface area contributed by atoms with Crippen molar-refractivity contribution in [3.63, 3.8) is 0 Å². The van der Waals surface area contributed by atoms with Crippen molar-refractivity contribution in [3.05, 3.63) is 65.5 Å². The molecule has 6 heteroatoms. The van der Waals surface area contributed by atoms with Crippen molar-refractivity contribution < 1.29 is 48.6 Å². The van der Waals surface area contributed by atoms with E-state index in [2.05, 4.69) is 0 Å². The summed E-state index contributed by atoms with van der Waals surface area (Å²) >= 11 is 0. The maximum atomic E-state index is 14.0. The predicted octanol–water partition coefficient (Wildman–Crippen LogP) is -1.53. The zero-order chi connectivity index (χ0) is 14.7. The maximum Gasteiger partial charge on any atom is 1.00 e. The molecule has 0 spiro atoms. The smallest absolute Gasteiger partial charge is 0.545 e. The Bertz CT molecular complexity index is 661. The van der Waals surface area contributed by atoms with Crippen LogP contribution in [0.5, 0.6) is 0 Å².